The van der Waals surface area contributed by atoms with Crippen LogP contribution < -0.4 is 16.2 Å². The van der Waals surface area contributed by atoms with E-state index in [0.29, 0.717) is 11.6 Å². The molecule has 0 saturated carbocycles. The molecule has 0 radical (unpaired) electrons. The lowest BCUT2D eigenvalue weighted by Crippen LogP contribution is -2.16. The number of nitrogens with zero attached hydrogens (tertiary/aromatic N) is 5. The lowest BCUT2D eigenvalue weighted by molar-refractivity contribution is 0.896. The van der Waals surface area contributed by atoms with E-state index in [0.717, 1.165) is 5.82 Å². The molecule has 0 aliphatic heterocycles. The third kappa shape index (κ3) is 1.23. The topological polar surface area (TPSA) is 84.4 Å². The second kappa shape index (κ2) is 3.11. The van der Waals surface area contributed by atoms with Crippen molar-refractivity contribution in [2.75, 3.05) is 24.4 Å². The molecule has 0 fully saturated rings. The molecule has 0 unspecified atom stereocenters. The summed E-state index contributed by atoms with van der Waals surface area (Å²) in [6, 6.07) is 1.79. The number of aromatic nitrogens is 4. The predicted octanol–water partition coefficient (Wildman–Crippen LogP) is -0.524. The van der Waals surface area contributed by atoms with E-state index in [4.69, 9.17) is 5.84 Å². The first kappa shape index (κ1) is 8.70. The third-order valence-electron chi connectivity index (χ3n) is 1.84. The molecule has 2 rings (SSSR count). The van der Waals surface area contributed by atoms with Gasteiger partial charge in [0.1, 0.15) is 18.0 Å². The van der Waals surface area contributed by atoms with Gasteiger partial charge < -0.3 is 10.3 Å². The Kier molecular flexibility index (Phi) is 1.93. The molecule has 2 heterocycles. The Hall–Kier alpha value is -1.89. The summed E-state index contributed by atoms with van der Waals surface area (Å²) >= 11 is 0. The van der Waals surface area contributed by atoms with Gasteiger partial charge in [0.15, 0.2) is 0 Å². The zero-order chi connectivity index (χ0) is 10.1. The molecule has 0 bridgehead atoms. The molecule has 2 aromatic heterocycles. The Bertz CT molecular complexity index is 446. The van der Waals surface area contributed by atoms with Crippen LogP contribution in [0.5, 0.6) is 0 Å². The second-order valence-electron chi connectivity index (χ2n) is 3.01. The molecule has 3 N–H and O–H groups in total. The maximum Gasteiger partial charge on any atom is 0.256 e. The molecule has 0 aliphatic rings. The number of hydrazine groups is 1. The first-order valence-corrected chi connectivity index (χ1v) is 4.07. The fourth-order valence-corrected chi connectivity index (χ4v) is 1.19. The van der Waals surface area contributed by atoms with Gasteiger partial charge in [0.05, 0.1) is 0 Å². The van der Waals surface area contributed by atoms with Crippen molar-refractivity contribution in [1.29, 1.82) is 0 Å². The van der Waals surface area contributed by atoms with E-state index in [1.165, 1.54) is 6.33 Å². The van der Waals surface area contributed by atoms with E-state index >= 15 is 0 Å². The highest BCUT2D eigenvalue weighted by Crippen LogP contribution is 2.15. The van der Waals surface area contributed by atoms with Crippen LogP contribution in [-0.2, 0) is 0 Å². The van der Waals surface area contributed by atoms with Crippen LogP contribution in [0.25, 0.3) is 5.78 Å². The van der Waals surface area contributed by atoms with Crippen LogP contribution in [0, 0.1) is 0 Å². The Morgan fingerprint density at radius 1 is 1.50 bits per heavy atom. The Labute approximate surface area is 80.5 Å². The van der Waals surface area contributed by atoms with Crippen molar-refractivity contribution >= 4 is 17.4 Å². The molecule has 0 aliphatic carbocycles. The van der Waals surface area contributed by atoms with E-state index in [1.54, 1.807) is 10.6 Å². The van der Waals surface area contributed by atoms with Crippen LogP contribution in [0.4, 0.5) is 11.6 Å². The zero-order valence-electron chi connectivity index (χ0n) is 7.97. The number of fused-ring (bicyclic) bond motifs is 1. The van der Waals surface area contributed by atoms with E-state index < -0.39 is 0 Å². The summed E-state index contributed by atoms with van der Waals surface area (Å²) in [7, 11) is 3.83. The summed E-state index contributed by atoms with van der Waals surface area (Å²) in [5.41, 5.74) is 2.49. The monoisotopic (exact) mass is 193 g/mol. The Balaban J connectivity index is 2.70. The van der Waals surface area contributed by atoms with Crippen LogP contribution in [-0.4, -0.2) is 33.7 Å². The summed E-state index contributed by atoms with van der Waals surface area (Å²) < 4.78 is 1.64. The second-order valence-corrected chi connectivity index (χ2v) is 3.01. The molecule has 0 spiro atoms. The van der Waals surface area contributed by atoms with Gasteiger partial charge in [-0.3, -0.25) is 0 Å². The number of nitrogens with one attached hydrogen (secondary N) is 1. The highest BCUT2D eigenvalue weighted by Gasteiger charge is 2.07. The van der Waals surface area contributed by atoms with E-state index in [-0.39, 0.29) is 0 Å². The molecule has 2 aromatic rings. The molecule has 74 valence electrons. The number of anilines is 2. The van der Waals surface area contributed by atoms with Gasteiger partial charge in [-0.25, -0.2) is 5.84 Å². The summed E-state index contributed by atoms with van der Waals surface area (Å²) in [4.78, 5) is 10.0. The van der Waals surface area contributed by atoms with Crippen LogP contribution in [0.15, 0.2) is 12.4 Å². The fraction of sp³-hybridized carbons (Fsp3) is 0.286. The van der Waals surface area contributed by atoms with Crippen molar-refractivity contribution in [3.63, 3.8) is 0 Å². The average molecular weight is 193 g/mol. The summed E-state index contributed by atoms with van der Waals surface area (Å²) in [5.74, 6) is 7.23. The molecule has 0 amide bonds. The standard InChI is InChI=1S/C7H11N7/c1-13(2)6-3-5(12-8)11-7-9-4-10-14(6)7/h3-4H,8H2,1-2H3,(H,9,10,11,12). The maximum atomic E-state index is 5.29. The number of nitrogens with two attached hydrogens (primary N) is 1. The highest BCUT2D eigenvalue weighted by atomic mass is 15.4. The average Bonchev–Trinajstić information content (AvgIpc) is 2.63. The number of hydrogen-bond donors (Lipinski definition) is 2. The summed E-state index contributed by atoms with van der Waals surface area (Å²) in [6.45, 7) is 0. The van der Waals surface area contributed by atoms with Crippen molar-refractivity contribution in [3.05, 3.63) is 12.4 Å². The van der Waals surface area contributed by atoms with Gasteiger partial charge in [0, 0.05) is 20.2 Å². The van der Waals surface area contributed by atoms with Gasteiger partial charge in [0.25, 0.3) is 5.78 Å². The zero-order valence-corrected chi connectivity index (χ0v) is 7.97. The van der Waals surface area contributed by atoms with Crippen LogP contribution in [0.1, 0.15) is 0 Å². The summed E-state index contributed by atoms with van der Waals surface area (Å²) in [5, 5.41) is 4.05. The molecule has 0 atom stereocenters. The van der Waals surface area contributed by atoms with Crippen molar-refractivity contribution in [1.82, 2.24) is 19.6 Å². The van der Waals surface area contributed by atoms with Gasteiger partial charge in [-0.2, -0.15) is 19.6 Å². The molecule has 7 heteroatoms. The van der Waals surface area contributed by atoms with Crippen molar-refractivity contribution in [2.24, 2.45) is 5.84 Å². The lowest BCUT2D eigenvalue weighted by Gasteiger charge is -2.13. The third-order valence-corrected chi connectivity index (χ3v) is 1.84. The smallest absolute Gasteiger partial charge is 0.256 e. The van der Waals surface area contributed by atoms with E-state index in [1.807, 2.05) is 19.0 Å². The summed E-state index contributed by atoms with van der Waals surface area (Å²) in [6.07, 6.45) is 1.45. The number of rotatable bonds is 2. The van der Waals surface area contributed by atoms with Gasteiger partial charge in [-0.1, -0.05) is 0 Å². The molecule has 0 aromatic carbocycles. The van der Waals surface area contributed by atoms with E-state index in [9.17, 15) is 0 Å². The SMILES string of the molecule is CN(C)c1cc(NN)nc2ncnn12. The normalized spacial score (nSPS) is 10.5. The first-order chi connectivity index (χ1) is 6.72. The lowest BCUT2D eigenvalue weighted by atomic mass is 10.5. The van der Waals surface area contributed by atoms with Gasteiger partial charge in [-0.05, 0) is 0 Å². The first-order valence-electron chi connectivity index (χ1n) is 4.07. The van der Waals surface area contributed by atoms with Crippen molar-refractivity contribution in [3.8, 4) is 0 Å². The largest absolute Gasteiger partial charge is 0.362 e. The molecule has 14 heavy (non-hydrogen) atoms. The minimum atomic E-state index is 0.518. The Morgan fingerprint density at radius 2 is 2.29 bits per heavy atom. The molecular formula is C7H11N7. The Morgan fingerprint density at radius 3 is 2.93 bits per heavy atom. The quantitative estimate of drug-likeness (QED) is 0.493. The number of hydrogen-bond acceptors (Lipinski definition) is 6. The van der Waals surface area contributed by atoms with Gasteiger partial charge in [-0.15, -0.1) is 0 Å². The van der Waals surface area contributed by atoms with Crippen LogP contribution in [0.2, 0.25) is 0 Å². The molecule has 0 saturated heterocycles. The predicted molar refractivity (Wildman–Crippen MR) is 52.9 cm³/mol. The highest BCUT2D eigenvalue weighted by molar-refractivity contribution is 5.54. The van der Waals surface area contributed by atoms with Crippen molar-refractivity contribution in [2.45, 2.75) is 0 Å². The van der Waals surface area contributed by atoms with Gasteiger partial charge in [0.2, 0.25) is 0 Å². The minimum Gasteiger partial charge on any atom is -0.362 e. The fourth-order valence-electron chi connectivity index (χ4n) is 1.19. The number of nitrogen functional groups attached to an aromatic ring is 1. The van der Waals surface area contributed by atoms with E-state index in [2.05, 4.69) is 20.5 Å². The maximum absolute atomic E-state index is 5.29. The van der Waals surface area contributed by atoms with Crippen molar-refractivity contribution < 1.29 is 0 Å². The van der Waals surface area contributed by atoms with Crippen LogP contribution in [0.3, 0.4) is 0 Å². The molecular weight excluding hydrogens is 182 g/mol. The minimum absolute atomic E-state index is 0.518. The van der Waals surface area contributed by atoms with Crippen LogP contribution >= 0.6 is 0 Å². The molecule has 7 nitrogen and oxygen atoms in total. The van der Waals surface area contributed by atoms with Gasteiger partial charge >= 0.3 is 0 Å².